The monoisotopic (exact) mass is 486 g/mol. The summed E-state index contributed by atoms with van der Waals surface area (Å²) in [6.07, 6.45) is 1.86. The summed E-state index contributed by atoms with van der Waals surface area (Å²) < 4.78 is 5.47. The molecular weight excluding hydrogens is 459 g/mol. The van der Waals surface area contributed by atoms with Gasteiger partial charge in [0.05, 0.1) is 10.9 Å². The molecule has 1 saturated heterocycles. The Bertz CT molecular complexity index is 1110. The minimum absolute atomic E-state index is 0.00159. The Labute approximate surface area is 204 Å². The van der Waals surface area contributed by atoms with E-state index in [1.54, 1.807) is 18.2 Å². The lowest BCUT2D eigenvalue weighted by molar-refractivity contribution is -0.138. The number of amides is 1. The zero-order valence-corrected chi connectivity index (χ0v) is 20.6. The maximum Gasteiger partial charge on any atom is 0.246 e. The Kier molecular flexibility index (Phi) is 7.25. The molecule has 0 unspecified atom stereocenters. The van der Waals surface area contributed by atoms with Crippen molar-refractivity contribution < 1.29 is 9.32 Å². The second-order valence-electron chi connectivity index (χ2n) is 8.82. The highest BCUT2D eigenvalue weighted by Crippen LogP contribution is 2.29. The van der Waals surface area contributed by atoms with Gasteiger partial charge in [0.25, 0.3) is 0 Å². The number of aromatic nitrogens is 2. The van der Waals surface area contributed by atoms with Crippen molar-refractivity contribution in [3.05, 3.63) is 64.0 Å². The second kappa shape index (κ2) is 10.1. The highest BCUT2D eigenvalue weighted by atomic mass is 35.5. The van der Waals surface area contributed by atoms with E-state index in [9.17, 15) is 4.79 Å². The summed E-state index contributed by atoms with van der Waals surface area (Å²) in [6, 6.07) is 13.6. The molecule has 1 amide bonds. The van der Waals surface area contributed by atoms with Gasteiger partial charge in [0, 0.05) is 35.4 Å². The molecule has 8 heteroatoms. The van der Waals surface area contributed by atoms with Crippen molar-refractivity contribution in [3.8, 4) is 11.4 Å². The Morgan fingerprint density at radius 2 is 1.97 bits per heavy atom. The predicted molar refractivity (Wildman–Crippen MR) is 132 cm³/mol. The number of carbonyl (C=O) groups excluding carboxylic acids is 1. The largest absolute Gasteiger partial charge is 0.371 e. The summed E-state index contributed by atoms with van der Waals surface area (Å²) in [7, 11) is 0. The third kappa shape index (κ3) is 5.50. The molecule has 0 N–H and O–H groups in total. The fourth-order valence-electron chi connectivity index (χ4n) is 4.16. The number of carbonyl (C=O) groups is 1. The van der Waals surface area contributed by atoms with Crippen molar-refractivity contribution in [2.75, 3.05) is 18.0 Å². The van der Waals surface area contributed by atoms with Gasteiger partial charge >= 0.3 is 0 Å². The molecule has 1 aliphatic rings. The molecule has 0 saturated carbocycles. The molecule has 2 heterocycles. The topological polar surface area (TPSA) is 62.5 Å². The van der Waals surface area contributed by atoms with Gasteiger partial charge < -0.3 is 14.3 Å². The first-order valence-corrected chi connectivity index (χ1v) is 12.0. The summed E-state index contributed by atoms with van der Waals surface area (Å²) in [5.41, 5.74) is 3.03. The molecule has 6 nitrogen and oxygen atoms in total. The van der Waals surface area contributed by atoms with Crippen LogP contribution < -0.4 is 4.90 Å². The first kappa shape index (κ1) is 23.6. The highest BCUT2D eigenvalue weighted by Gasteiger charge is 2.31. The summed E-state index contributed by atoms with van der Waals surface area (Å²) >= 11 is 12.3. The van der Waals surface area contributed by atoms with E-state index in [4.69, 9.17) is 27.7 Å². The van der Waals surface area contributed by atoms with Crippen molar-refractivity contribution in [1.82, 2.24) is 15.0 Å². The average Bonchev–Trinajstić information content (AvgIpc) is 3.26. The van der Waals surface area contributed by atoms with Gasteiger partial charge in [-0.05, 0) is 63.9 Å². The van der Waals surface area contributed by atoms with Crippen LogP contribution in [0, 0.1) is 12.8 Å². The first-order valence-electron chi connectivity index (χ1n) is 11.2. The molecule has 0 aliphatic carbocycles. The SMILES string of the molecule is Cc1ccc(N2CCC[C@H](C(=O)N(Cc3nc(-c4ccc(Cl)cc4Cl)no3)C(C)C)C2)cc1. The van der Waals surface area contributed by atoms with Gasteiger partial charge in [-0.2, -0.15) is 4.98 Å². The zero-order chi connectivity index (χ0) is 23.5. The molecule has 0 bridgehead atoms. The van der Waals surface area contributed by atoms with Crippen LogP contribution in [0.3, 0.4) is 0 Å². The maximum absolute atomic E-state index is 13.5. The number of piperidine rings is 1. The molecule has 174 valence electrons. The van der Waals surface area contributed by atoms with Crippen LogP contribution >= 0.6 is 23.2 Å². The van der Waals surface area contributed by atoms with Crippen LogP contribution in [0.4, 0.5) is 5.69 Å². The van der Waals surface area contributed by atoms with Crippen LogP contribution in [-0.2, 0) is 11.3 Å². The van der Waals surface area contributed by atoms with Crippen LogP contribution in [-0.4, -0.2) is 40.1 Å². The van der Waals surface area contributed by atoms with E-state index < -0.39 is 0 Å². The number of nitrogens with zero attached hydrogens (tertiary/aromatic N) is 4. The fraction of sp³-hybridized carbons (Fsp3) is 0.400. The normalized spacial score (nSPS) is 16.3. The van der Waals surface area contributed by atoms with Gasteiger partial charge in [-0.1, -0.05) is 46.1 Å². The minimum atomic E-state index is -0.0736. The van der Waals surface area contributed by atoms with Gasteiger partial charge in [0.1, 0.15) is 6.54 Å². The van der Waals surface area contributed by atoms with Crippen molar-refractivity contribution in [1.29, 1.82) is 0 Å². The van der Waals surface area contributed by atoms with Gasteiger partial charge in [-0.25, -0.2) is 0 Å². The number of halogens is 2. The summed E-state index contributed by atoms with van der Waals surface area (Å²) in [5, 5.41) is 5.05. The van der Waals surface area contributed by atoms with Crippen molar-refractivity contribution in [2.45, 2.75) is 46.2 Å². The lowest BCUT2D eigenvalue weighted by Crippen LogP contribution is -2.47. The lowest BCUT2D eigenvalue weighted by atomic mass is 9.95. The average molecular weight is 487 g/mol. The molecule has 3 aromatic rings. The lowest BCUT2D eigenvalue weighted by Gasteiger charge is -2.37. The molecule has 2 aromatic carbocycles. The summed E-state index contributed by atoms with van der Waals surface area (Å²) in [6.45, 7) is 8.02. The van der Waals surface area contributed by atoms with E-state index in [1.165, 1.54) is 5.56 Å². The van der Waals surface area contributed by atoms with Crippen LogP contribution in [0.5, 0.6) is 0 Å². The first-order chi connectivity index (χ1) is 15.8. The van der Waals surface area contributed by atoms with E-state index in [2.05, 4.69) is 46.2 Å². The van der Waals surface area contributed by atoms with Gasteiger partial charge in [-0.3, -0.25) is 4.79 Å². The molecule has 1 aliphatic heterocycles. The van der Waals surface area contributed by atoms with Crippen molar-refractivity contribution >= 4 is 34.8 Å². The van der Waals surface area contributed by atoms with Gasteiger partial charge in [0.15, 0.2) is 0 Å². The molecule has 33 heavy (non-hydrogen) atoms. The Balaban J connectivity index is 1.47. The number of rotatable bonds is 6. The Morgan fingerprint density at radius 1 is 1.21 bits per heavy atom. The summed E-state index contributed by atoms with van der Waals surface area (Å²) in [5.74, 6) is 0.803. The number of anilines is 1. The fourth-order valence-corrected chi connectivity index (χ4v) is 4.66. The highest BCUT2D eigenvalue weighted by molar-refractivity contribution is 6.36. The van der Waals surface area contributed by atoms with Crippen LogP contribution in [0.25, 0.3) is 11.4 Å². The number of benzene rings is 2. The molecule has 4 rings (SSSR count). The predicted octanol–water partition coefficient (Wildman–Crippen LogP) is 6.01. The molecular formula is C25H28Cl2N4O2. The van der Waals surface area contributed by atoms with Crippen molar-refractivity contribution in [2.24, 2.45) is 5.92 Å². The van der Waals surface area contributed by atoms with Gasteiger partial charge in [0.2, 0.25) is 17.6 Å². The smallest absolute Gasteiger partial charge is 0.246 e. The van der Waals surface area contributed by atoms with E-state index in [0.717, 1.165) is 25.1 Å². The van der Waals surface area contributed by atoms with Crippen LogP contribution in [0.1, 0.15) is 38.1 Å². The minimum Gasteiger partial charge on any atom is -0.371 e. The number of aryl methyl sites for hydroxylation is 1. The summed E-state index contributed by atoms with van der Waals surface area (Å²) in [4.78, 5) is 22.1. The zero-order valence-electron chi connectivity index (χ0n) is 19.1. The molecule has 1 aromatic heterocycles. The van der Waals surface area contributed by atoms with Crippen LogP contribution in [0.15, 0.2) is 47.0 Å². The third-order valence-electron chi connectivity index (χ3n) is 6.02. The molecule has 0 spiro atoms. The van der Waals surface area contributed by atoms with Crippen molar-refractivity contribution in [3.63, 3.8) is 0 Å². The molecule has 0 radical (unpaired) electrons. The van der Waals surface area contributed by atoms with E-state index in [0.29, 0.717) is 33.9 Å². The van der Waals surface area contributed by atoms with Gasteiger partial charge in [-0.15, -0.1) is 0 Å². The third-order valence-corrected chi connectivity index (χ3v) is 6.57. The number of hydrogen-bond donors (Lipinski definition) is 0. The molecule has 1 fully saturated rings. The molecule has 1 atom stereocenters. The Morgan fingerprint density at radius 3 is 2.67 bits per heavy atom. The standard InChI is InChI=1S/C25H28Cl2N4O2/c1-16(2)31(15-23-28-24(29-33-23)21-11-8-19(26)13-22(21)27)25(32)18-5-4-12-30(14-18)20-9-6-17(3)7-10-20/h6-11,13,16,18H,4-5,12,14-15H2,1-3H3/t18-/m0/s1. The van der Waals surface area contributed by atoms with E-state index >= 15 is 0 Å². The van der Waals surface area contributed by atoms with Crippen LogP contribution in [0.2, 0.25) is 10.0 Å². The number of hydrogen-bond acceptors (Lipinski definition) is 5. The maximum atomic E-state index is 13.5. The Hall–Kier alpha value is -2.57. The second-order valence-corrected chi connectivity index (χ2v) is 9.66. The quantitative estimate of drug-likeness (QED) is 0.427. The van der Waals surface area contributed by atoms with E-state index in [-0.39, 0.29) is 24.4 Å². The van der Waals surface area contributed by atoms with E-state index in [1.807, 2.05) is 18.7 Å².